The van der Waals surface area contributed by atoms with Crippen LogP contribution in [0.1, 0.15) is 15.9 Å². The molecule has 0 aliphatic rings. The number of hydrogen-bond donors (Lipinski definition) is 1. The minimum atomic E-state index is -4.93. The number of aromatic nitrogens is 1. The molecule has 1 heterocycles. The van der Waals surface area contributed by atoms with Crippen LogP contribution in [0.4, 0.5) is 23.4 Å². The molecule has 3 aromatic carbocycles. The summed E-state index contributed by atoms with van der Waals surface area (Å²) in [7, 11) is 4.26. The number of carbonyl (C=O) groups excluding carboxylic acids is 1. The summed E-state index contributed by atoms with van der Waals surface area (Å²) in [6.07, 6.45) is -4.93. The van der Waals surface area contributed by atoms with Crippen molar-refractivity contribution in [3.05, 3.63) is 94.8 Å². The van der Waals surface area contributed by atoms with Gasteiger partial charge in [0.05, 0.1) is 26.4 Å². The summed E-state index contributed by atoms with van der Waals surface area (Å²) < 4.78 is 77.5. The maximum Gasteiger partial charge on any atom is 0.487 e. The molecular formula is C30H26ClF4N3O5. The van der Waals surface area contributed by atoms with Crippen molar-refractivity contribution in [2.45, 2.75) is 12.9 Å². The van der Waals surface area contributed by atoms with Gasteiger partial charge in [0.15, 0.2) is 11.5 Å². The van der Waals surface area contributed by atoms with Crippen LogP contribution in [0.3, 0.4) is 0 Å². The van der Waals surface area contributed by atoms with Crippen LogP contribution in [-0.2, 0) is 6.61 Å². The zero-order valence-electron chi connectivity index (χ0n) is 23.2. The Morgan fingerprint density at radius 3 is 2.21 bits per heavy atom. The van der Waals surface area contributed by atoms with Gasteiger partial charge in [0.1, 0.15) is 42.1 Å². The molecule has 0 spiro atoms. The van der Waals surface area contributed by atoms with Crippen LogP contribution >= 0.6 is 11.6 Å². The van der Waals surface area contributed by atoms with Crippen LogP contribution in [0.25, 0.3) is 11.3 Å². The molecule has 226 valence electrons. The number of pyridine rings is 1. The quantitative estimate of drug-likeness (QED) is 0.112. The summed E-state index contributed by atoms with van der Waals surface area (Å²) in [5.74, 6) is -0.650. The minimum Gasteiger partial charge on any atom is -0.497 e. The number of hydrogen-bond acceptors (Lipinski definition) is 7. The number of ether oxygens (including phenoxy) is 4. The SMILES string of the molecule is COc1ccc(COc2ccc(C(=O)NCN(c3ccc(OC)c(-c4ccc(F)c(Cl)c4)n3)C(F)(F)F)cc2OC)cc1. The second-order valence-electron chi connectivity index (χ2n) is 8.91. The monoisotopic (exact) mass is 619 g/mol. The van der Waals surface area contributed by atoms with Gasteiger partial charge in [-0.05, 0) is 66.2 Å². The first-order chi connectivity index (χ1) is 20.5. The molecule has 1 amide bonds. The number of methoxy groups -OCH3 is 3. The zero-order chi connectivity index (χ0) is 31.1. The summed E-state index contributed by atoms with van der Waals surface area (Å²) in [5.41, 5.74) is 1.13. The number of amides is 1. The van der Waals surface area contributed by atoms with Crippen LogP contribution in [0.2, 0.25) is 5.02 Å². The first-order valence-electron chi connectivity index (χ1n) is 12.6. The predicted octanol–water partition coefficient (Wildman–Crippen LogP) is 6.86. The smallest absolute Gasteiger partial charge is 0.487 e. The van der Waals surface area contributed by atoms with E-state index >= 15 is 0 Å². The Bertz CT molecular complexity index is 1590. The first-order valence-corrected chi connectivity index (χ1v) is 13.0. The normalized spacial score (nSPS) is 11.1. The Balaban J connectivity index is 1.51. The van der Waals surface area contributed by atoms with Crippen molar-refractivity contribution >= 4 is 23.3 Å². The molecule has 1 N–H and O–H groups in total. The van der Waals surface area contributed by atoms with Gasteiger partial charge in [-0.1, -0.05) is 23.7 Å². The molecule has 0 aliphatic carbocycles. The summed E-state index contributed by atoms with van der Waals surface area (Å²) in [6.45, 7) is -0.767. The minimum absolute atomic E-state index is 0.00237. The second kappa shape index (κ2) is 13.5. The Morgan fingerprint density at radius 1 is 0.884 bits per heavy atom. The molecular weight excluding hydrogens is 594 g/mol. The van der Waals surface area contributed by atoms with Crippen molar-refractivity contribution in [2.24, 2.45) is 0 Å². The largest absolute Gasteiger partial charge is 0.497 e. The number of halogens is 5. The summed E-state index contributed by atoms with van der Waals surface area (Å²) in [5, 5.41) is 2.03. The Morgan fingerprint density at radius 2 is 1.58 bits per heavy atom. The van der Waals surface area contributed by atoms with E-state index in [1.165, 1.54) is 50.6 Å². The van der Waals surface area contributed by atoms with Gasteiger partial charge < -0.3 is 24.3 Å². The summed E-state index contributed by atoms with van der Waals surface area (Å²) >= 11 is 5.86. The fraction of sp³-hybridized carbons (Fsp3) is 0.200. The zero-order valence-corrected chi connectivity index (χ0v) is 23.9. The van der Waals surface area contributed by atoms with Crippen molar-refractivity contribution < 1.29 is 41.3 Å². The standard InChI is InChI=1S/C30H26ClF4N3O5/c1-40-21-8-4-18(5-9-21)16-43-24-11-7-20(15-26(24)42-3)29(39)36-17-38(30(33,34)35)27-13-12-25(41-2)28(37-27)19-6-10-23(32)22(31)14-19/h4-15H,16-17H2,1-3H3,(H,36,39). The molecule has 0 unspecified atom stereocenters. The van der Waals surface area contributed by atoms with Crippen molar-refractivity contribution in [3.63, 3.8) is 0 Å². The fourth-order valence-electron chi connectivity index (χ4n) is 3.97. The Kier molecular flexibility index (Phi) is 9.81. The molecule has 4 aromatic rings. The van der Waals surface area contributed by atoms with E-state index in [4.69, 9.17) is 30.5 Å². The van der Waals surface area contributed by atoms with E-state index in [1.807, 2.05) is 12.1 Å². The number of alkyl halides is 3. The molecule has 0 bridgehead atoms. The highest BCUT2D eigenvalue weighted by Gasteiger charge is 2.39. The first kappa shape index (κ1) is 31.2. The second-order valence-corrected chi connectivity index (χ2v) is 9.32. The Hall–Kier alpha value is -4.71. The van der Waals surface area contributed by atoms with E-state index in [9.17, 15) is 22.4 Å². The number of carbonyl (C=O) groups is 1. The third-order valence-corrected chi connectivity index (χ3v) is 6.51. The van der Waals surface area contributed by atoms with Crippen molar-refractivity contribution in [1.82, 2.24) is 10.3 Å². The lowest BCUT2D eigenvalue weighted by molar-refractivity contribution is -0.130. The third kappa shape index (κ3) is 7.58. The molecule has 0 atom stereocenters. The van der Waals surface area contributed by atoms with Gasteiger partial charge in [-0.3, -0.25) is 4.79 Å². The van der Waals surface area contributed by atoms with E-state index in [1.54, 1.807) is 19.2 Å². The topological polar surface area (TPSA) is 82.2 Å². The highest BCUT2D eigenvalue weighted by atomic mass is 35.5. The van der Waals surface area contributed by atoms with Gasteiger partial charge >= 0.3 is 6.30 Å². The molecule has 0 fully saturated rings. The van der Waals surface area contributed by atoms with Crippen LogP contribution in [0, 0.1) is 5.82 Å². The van der Waals surface area contributed by atoms with Crippen LogP contribution in [0.5, 0.6) is 23.0 Å². The van der Waals surface area contributed by atoms with Gasteiger partial charge in [0.2, 0.25) is 0 Å². The molecule has 13 heteroatoms. The lowest BCUT2D eigenvalue weighted by atomic mass is 10.1. The van der Waals surface area contributed by atoms with Crippen LogP contribution in [0.15, 0.2) is 72.8 Å². The van der Waals surface area contributed by atoms with Crippen molar-refractivity contribution in [1.29, 1.82) is 0 Å². The maximum absolute atomic E-state index is 14.1. The molecule has 0 saturated carbocycles. The van der Waals surface area contributed by atoms with E-state index in [2.05, 4.69) is 10.3 Å². The summed E-state index contributed by atoms with van der Waals surface area (Å²) in [6, 6.07) is 17.5. The average Bonchev–Trinajstić information content (AvgIpc) is 3.00. The van der Waals surface area contributed by atoms with Gasteiger partial charge in [-0.25, -0.2) is 14.3 Å². The molecule has 1 aromatic heterocycles. The molecule has 0 radical (unpaired) electrons. The number of nitrogens with one attached hydrogen (secondary N) is 1. The number of nitrogens with zero attached hydrogens (tertiary/aromatic N) is 2. The highest BCUT2D eigenvalue weighted by molar-refractivity contribution is 6.31. The predicted molar refractivity (Wildman–Crippen MR) is 152 cm³/mol. The molecule has 43 heavy (non-hydrogen) atoms. The summed E-state index contributed by atoms with van der Waals surface area (Å²) in [4.78, 5) is 16.9. The highest BCUT2D eigenvalue weighted by Crippen LogP contribution is 2.35. The van der Waals surface area contributed by atoms with Gasteiger partial charge in [-0.2, -0.15) is 0 Å². The molecule has 0 saturated heterocycles. The van der Waals surface area contributed by atoms with Crippen molar-refractivity contribution in [2.75, 3.05) is 32.9 Å². The lowest BCUT2D eigenvalue weighted by Crippen LogP contribution is -2.46. The van der Waals surface area contributed by atoms with Crippen LogP contribution < -0.4 is 29.2 Å². The number of rotatable bonds is 11. The van der Waals surface area contributed by atoms with E-state index in [0.29, 0.717) is 11.5 Å². The van der Waals surface area contributed by atoms with E-state index in [0.717, 1.165) is 17.7 Å². The number of anilines is 1. The van der Waals surface area contributed by atoms with E-state index in [-0.39, 0.29) is 44.8 Å². The van der Waals surface area contributed by atoms with Crippen molar-refractivity contribution in [3.8, 4) is 34.3 Å². The molecule has 4 rings (SSSR count). The third-order valence-electron chi connectivity index (χ3n) is 6.22. The van der Waals surface area contributed by atoms with E-state index < -0.39 is 30.5 Å². The van der Waals surface area contributed by atoms with Gasteiger partial charge in [-0.15, -0.1) is 13.2 Å². The maximum atomic E-state index is 14.1. The fourth-order valence-corrected chi connectivity index (χ4v) is 4.15. The van der Waals surface area contributed by atoms with Gasteiger partial charge in [0, 0.05) is 11.1 Å². The van der Waals surface area contributed by atoms with Gasteiger partial charge in [0.25, 0.3) is 5.91 Å². The lowest BCUT2D eigenvalue weighted by Gasteiger charge is -2.27. The molecule has 0 aliphatic heterocycles. The average molecular weight is 620 g/mol. The number of benzene rings is 3. The Labute approximate surface area is 249 Å². The molecule has 8 nitrogen and oxygen atoms in total. The van der Waals surface area contributed by atoms with Crippen LogP contribution in [-0.4, -0.2) is 45.2 Å².